The van der Waals surface area contributed by atoms with Crippen LogP contribution < -0.4 is 0 Å². The van der Waals surface area contributed by atoms with Crippen LogP contribution in [0, 0.1) is 6.92 Å². The molecule has 0 saturated heterocycles. The minimum Gasteiger partial charge on any atom is -0.448 e. The lowest BCUT2D eigenvalue weighted by atomic mass is 10.0. The van der Waals surface area contributed by atoms with Crippen molar-refractivity contribution in [3.63, 3.8) is 0 Å². The largest absolute Gasteiger partial charge is 0.448 e. The number of carbonyl (C=O) groups is 1. The van der Waals surface area contributed by atoms with Gasteiger partial charge in [0, 0.05) is 28.6 Å². The topological polar surface area (TPSA) is 76.2 Å². The number of ether oxygens (including phenoxy) is 1. The second-order valence-corrected chi connectivity index (χ2v) is 10.1. The third kappa shape index (κ3) is 4.47. The summed E-state index contributed by atoms with van der Waals surface area (Å²) in [7, 11) is -3.97. The first kappa shape index (κ1) is 22.6. The van der Waals surface area contributed by atoms with Crippen molar-refractivity contribution < 1.29 is 17.9 Å². The minimum absolute atomic E-state index is 0.0177. The van der Waals surface area contributed by atoms with E-state index in [2.05, 4.69) is 11.6 Å². The van der Waals surface area contributed by atoms with Crippen molar-refractivity contribution in [2.24, 2.45) is 0 Å². The lowest BCUT2D eigenvalue weighted by molar-refractivity contribution is -0.130. The fraction of sp³-hybridized carbons (Fsp3) is 0.148. The molecule has 0 aliphatic heterocycles. The molecule has 0 radical (unpaired) electrons. The van der Waals surface area contributed by atoms with Crippen LogP contribution in [0.25, 0.3) is 22.0 Å². The maximum atomic E-state index is 13.6. The third-order valence-corrected chi connectivity index (χ3v) is 7.95. The van der Waals surface area contributed by atoms with Gasteiger partial charge in [-0.3, -0.25) is 4.79 Å². The highest BCUT2D eigenvalue weighted by atomic mass is 32.2. The normalized spacial score (nSPS) is 13.4. The highest BCUT2D eigenvalue weighted by molar-refractivity contribution is 7.92. The van der Waals surface area contributed by atoms with Gasteiger partial charge < -0.3 is 9.72 Å². The first-order valence-corrected chi connectivity index (χ1v) is 12.2. The second-order valence-electron chi connectivity index (χ2n) is 7.91. The zero-order valence-electron chi connectivity index (χ0n) is 18.3. The van der Waals surface area contributed by atoms with Crippen LogP contribution in [0.5, 0.6) is 0 Å². The van der Waals surface area contributed by atoms with Gasteiger partial charge in [-0.15, -0.1) is 6.58 Å². The number of para-hydroxylation sites is 1. The van der Waals surface area contributed by atoms with Crippen LogP contribution in [-0.4, -0.2) is 25.3 Å². The predicted molar refractivity (Wildman–Crippen MR) is 131 cm³/mol. The van der Waals surface area contributed by atoms with E-state index in [9.17, 15) is 13.2 Å². The molecule has 4 aromatic rings. The Morgan fingerprint density at radius 2 is 1.64 bits per heavy atom. The van der Waals surface area contributed by atoms with Gasteiger partial charge >= 0.3 is 0 Å². The van der Waals surface area contributed by atoms with Gasteiger partial charge in [-0.2, -0.15) is 0 Å². The molecule has 1 aromatic heterocycles. The Morgan fingerprint density at radius 3 is 2.30 bits per heavy atom. The Morgan fingerprint density at radius 1 is 0.970 bits per heavy atom. The molecule has 0 spiro atoms. The summed E-state index contributed by atoms with van der Waals surface area (Å²) in [5, 5.41) is -0.0349. The van der Waals surface area contributed by atoms with Gasteiger partial charge in [0.15, 0.2) is 9.84 Å². The maximum Gasteiger partial charge on any atom is 0.294 e. The van der Waals surface area contributed by atoms with Crippen molar-refractivity contribution >= 4 is 27.2 Å². The fourth-order valence-corrected chi connectivity index (χ4v) is 5.87. The molecule has 3 aromatic carbocycles. The summed E-state index contributed by atoms with van der Waals surface area (Å²) < 4.78 is 32.5. The molecule has 0 saturated carbocycles. The Hall–Kier alpha value is -3.64. The summed E-state index contributed by atoms with van der Waals surface area (Å²) >= 11 is 0. The van der Waals surface area contributed by atoms with E-state index in [-0.39, 0.29) is 12.9 Å². The van der Waals surface area contributed by atoms with Gasteiger partial charge in [-0.05, 0) is 24.1 Å². The molecule has 2 atom stereocenters. The van der Waals surface area contributed by atoms with Crippen molar-refractivity contribution in [1.82, 2.24) is 4.98 Å². The number of rotatable bonds is 9. The van der Waals surface area contributed by atoms with E-state index >= 15 is 0 Å². The van der Waals surface area contributed by atoms with Gasteiger partial charge in [0.05, 0.1) is 0 Å². The lowest BCUT2D eigenvalue weighted by Gasteiger charge is -2.22. The van der Waals surface area contributed by atoms with E-state index in [1.165, 1.54) is 6.08 Å². The molecular weight excluding hydrogens is 434 g/mol. The summed E-state index contributed by atoms with van der Waals surface area (Å²) in [5.74, 6) is 0. The number of nitrogens with one attached hydrogen (secondary N) is 1. The number of hydrogen-bond acceptors (Lipinski definition) is 4. The van der Waals surface area contributed by atoms with Crippen molar-refractivity contribution in [2.45, 2.75) is 24.0 Å². The van der Waals surface area contributed by atoms with E-state index in [1.54, 1.807) is 12.1 Å². The van der Waals surface area contributed by atoms with Crippen molar-refractivity contribution in [3.05, 3.63) is 108 Å². The smallest absolute Gasteiger partial charge is 0.294 e. The van der Waals surface area contributed by atoms with Crippen LogP contribution in [0.2, 0.25) is 0 Å². The van der Waals surface area contributed by atoms with Gasteiger partial charge in [0.25, 0.3) is 6.47 Å². The van der Waals surface area contributed by atoms with Crippen LogP contribution in [0.1, 0.15) is 22.1 Å². The number of aromatic amines is 1. The average molecular weight is 460 g/mol. The minimum atomic E-state index is -3.97. The number of benzene rings is 3. The van der Waals surface area contributed by atoms with Gasteiger partial charge in [-0.1, -0.05) is 84.4 Å². The zero-order valence-corrected chi connectivity index (χ0v) is 19.1. The predicted octanol–water partition coefficient (Wildman–Crippen LogP) is 5.53. The van der Waals surface area contributed by atoms with E-state index < -0.39 is 20.5 Å². The molecule has 0 aliphatic rings. The molecule has 1 heterocycles. The Balaban J connectivity index is 1.79. The summed E-state index contributed by atoms with van der Waals surface area (Å²) in [5.41, 5.74) is 3.63. The number of carbonyl (C=O) groups excluding carboxylic acids is 1. The second kappa shape index (κ2) is 9.46. The van der Waals surface area contributed by atoms with Gasteiger partial charge in [0.2, 0.25) is 5.44 Å². The Kier molecular flexibility index (Phi) is 6.47. The Labute approximate surface area is 193 Å². The molecule has 33 heavy (non-hydrogen) atoms. The summed E-state index contributed by atoms with van der Waals surface area (Å²) in [6.07, 6.45) is 1.36. The van der Waals surface area contributed by atoms with Crippen LogP contribution in [-0.2, 0) is 25.8 Å². The average Bonchev–Trinajstić information content (AvgIpc) is 3.19. The number of H-pyrrole nitrogens is 1. The Bertz CT molecular complexity index is 1370. The molecule has 6 heteroatoms. The summed E-state index contributed by atoms with van der Waals surface area (Å²) in [6, 6.07) is 24.7. The molecule has 0 amide bonds. The standard InChI is InChI=1S/C27H25NO4S/c1-3-25(20-15-13-19(2)14-16-20)33(30,31)26(32-18-29)17-24-27(21-9-5-4-6-10-21)22-11-7-8-12-23(22)28-24/h3-16,18,25-26,28H,1,17H2,2H3. The highest BCUT2D eigenvalue weighted by Crippen LogP contribution is 2.35. The van der Waals surface area contributed by atoms with Crippen LogP contribution >= 0.6 is 0 Å². The molecule has 168 valence electrons. The first-order valence-electron chi connectivity index (χ1n) is 10.6. The van der Waals surface area contributed by atoms with Gasteiger partial charge in [-0.25, -0.2) is 8.42 Å². The summed E-state index contributed by atoms with van der Waals surface area (Å²) in [4.78, 5) is 14.7. The number of aryl methyl sites for hydroxylation is 1. The molecule has 5 nitrogen and oxygen atoms in total. The number of fused-ring (bicyclic) bond motifs is 1. The SMILES string of the molecule is C=CC(c1ccc(C)cc1)S(=O)(=O)C(Cc1[nH]c2ccccc2c1-c1ccccc1)OC=O. The van der Waals surface area contributed by atoms with Gasteiger partial charge in [0.1, 0.15) is 5.25 Å². The van der Waals surface area contributed by atoms with Crippen LogP contribution in [0.15, 0.2) is 91.5 Å². The summed E-state index contributed by atoms with van der Waals surface area (Å²) in [6.45, 7) is 5.87. The zero-order chi connectivity index (χ0) is 23.4. The van der Waals surface area contributed by atoms with E-state index in [4.69, 9.17) is 4.74 Å². The monoisotopic (exact) mass is 459 g/mol. The maximum absolute atomic E-state index is 13.6. The highest BCUT2D eigenvalue weighted by Gasteiger charge is 2.36. The molecule has 1 N–H and O–H groups in total. The van der Waals surface area contributed by atoms with E-state index in [0.717, 1.165) is 27.6 Å². The molecule has 0 bridgehead atoms. The van der Waals surface area contributed by atoms with E-state index in [1.807, 2.05) is 73.7 Å². The van der Waals surface area contributed by atoms with Crippen molar-refractivity contribution in [3.8, 4) is 11.1 Å². The van der Waals surface area contributed by atoms with Crippen LogP contribution in [0.3, 0.4) is 0 Å². The molecule has 0 aliphatic carbocycles. The third-order valence-electron chi connectivity index (χ3n) is 5.76. The quantitative estimate of drug-likeness (QED) is 0.264. The van der Waals surface area contributed by atoms with Crippen molar-refractivity contribution in [2.75, 3.05) is 0 Å². The van der Waals surface area contributed by atoms with E-state index in [0.29, 0.717) is 11.3 Å². The van der Waals surface area contributed by atoms with Crippen molar-refractivity contribution in [1.29, 1.82) is 0 Å². The molecule has 0 fully saturated rings. The molecular formula is C27H25NO4S. The molecule has 2 unspecified atom stereocenters. The fourth-order valence-electron chi connectivity index (χ4n) is 4.14. The first-order chi connectivity index (χ1) is 16.0. The number of hydrogen-bond donors (Lipinski definition) is 1. The van der Waals surface area contributed by atoms with Crippen LogP contribution in [0.4, 0.5) is 0 Å². The lowest BCUT2D eigenvalue weighted by Crippen LogP contribution is -2.31. The molecule has 4 rings (SSSR count). The number of sulfone groups is 1. The number of aromatic nitrogens is 1.